The third kappa shape index (κ3) is 4.92. The Morgan fingerprint density at radius 1 is 1.26 bits per heavy atom. The Bertz CT molecular complexity index is 430. The molecule has 0 atom stereocenters. The molecule has 0 aromatic heterocycles. The second kappa shape index (κ2) is 7.81. The molecule has 0 aliphatic carbocycles. The van der Waals surface area contributed by atoms with Gasteiger partial charge < -0.3 is 10.6 Å². The zero-order valence-corrected chi connectivity index (χ0v) is 12.5. The molecule has 102 valence electrons. The molecule has 1 aromatic rings. The number of terminal acetylenes is 1. The smallest absolute Gasteiger partial charge is 0.167 e. The zero-order chi connectivity index (χ0) is 14.1. The molecule has 0 aliphatic heterocycles. The van der Waals surface area contributed by atoms with Crippen molar-refractivity contribution >= 4 is 17.3 Å². The van der Waals surface area contributed by atoms with Crippen molar-refractivity contribution in [3.63, 3.8) is 0 Å². The second-order valence-electron chi connectivity index (χ2n) is 4.55. The van der Waals surface area contributed by atoms with Crippen molar-refractivity contribution in [3.05, 3.63) is 35.9 Å². The van der Waals surface area contributed by atoms with Gasteiger partial charge in [0, 0.05) is 6.54 Å². The van der Waals surface area contributed by atoms with Crippen molar-refractivity contribution in [2.24, 2.45) is 0 Å². The van der Waals surface area contributed by atoms with Gasteiger partial charge in [0.05, 0.1) is 5.54 Å². The summed E-state index contributed by atoms with van der Waals surface area (Å²) in [5.41, 5.74) is 0.976. The third-order valence-electron chi connectivity index (χ3n) is 3.38. The molecule has 1 aromatic carbocycles. The van der Waals surface area contributed by atoms with E-state index in [0.717, 1.165) is 25.8 Å². The van der Waals surface area contributed by atoms with Crippen LogP contribution in [0.1, 0.15) is 32.3 Å². The van der Waals surface area contributed by atoms with E-state index < -0.39 is 0 Å². The lowest BCUT2D eigenvalue weighted by molar-refractivity contribution is 0.456. The summed E-state index contributed by atoms with van der Waals surface area (Å²) in [6, 6.07) is 10.3. The SMILES string of the molecule is C#CC(CC)(CC)NC(=S)NCCc1ccccc1. The van der Waals surface area contributed by atoms with E-state index in [1.54, 1.807) is 0 Å². The summed E-state index contributed by atoms with van der Waals surface area (Å²) in [7, 11) is 0. The van der Waals surface area contributed by atoms with Gasteiger partial charge in [-0.1, -0.05) is 50.1 Å². The lowest BCUT2D eigenvalue weighted by Gasteiger charge is -2.28. The van der Waals surface area contributed by atoms with Crippen LogP contribution >= 0.6 is 12.2 Å². The van der Waals surface area contributed by atoms with Crippen LogP contribution in [0.5, 0.6) is 0 Å². The molecule has 2 N–H and O–H groups in total. The number of rotatable bonds is 6. The van der Waals surface area contributed by atoms with E-state index in [1.165, 1.54) is 5.56 Å². The molecule has 0 saturated carbocycles. The van der Waals surface area contributed by atoms with Crippen LogP contribution in [-0.2, 0) is 6.42 Å². The Morgan fingerprint density at radius 3 is 2.42 bits per heavy atom. The molecule has 0 spiro atoms. The van der Waals surface area contributed by atoms with Crippen molar-refractivity contribution < 1.29 is 0 Å². The minimum atomic E-state index is -0.323. The highest BCUT2D eigenvalue weighted by Crippen LogP contribution is 2.13. The van der Waals surface area contributed by atoms with Crippen molar-refractivity contribution in [2.45, 2.75) is 38.6 Å². The predicted molar refractivity (Wildman–Crippen MR) is 86.0 cm³/mol. The van der Waals surface area contributed by atoms with Crippen molar-refractivity contribution in [1.82, 2.24) is 10.6 Å². The first-order chi connectivity index (χ1) is 9.15. The van der Waals surface area contributed by atoms with Crippen LogP contribution in [0.15, 0.2) is 30.3 Å². The molecule has 0 radical (unpaired) electrons. The number of hydrogen-bond acceptors (Lipinski definition) is 1. The topological polar surface area (TPSA) is 24.1 Å². The van der Waals surface area contributed by atoms with Crippen LogP contribution in [0.25, 0.3) is 0 Å². The highest BCUT2D eigenvalue weighted by molar-refractivity contribution is 7.80. The Kier molecular flexibility index (Phi) is 6.38. The van der Waals surface area contributed by atoms with Crippen LogP contribution in [-0.4, -0.2) is 17.2 Å². The van der Waals surface area contributed by atoms with Gasteiger partial charge in [-0.15, -0.1) is 6.42 Å². The van der Waals surface area contributed by atoms with E-state index in [1.807, 2.05) is 18.2 Å². The standard InChI is InChI=1S/C16H22N2S/c1-4-16(5-2,6-3)18-15(19)17-13-12-14-10-8-7-9-11-14/h1,7-11H,5-6,12-13H2,2-3H3,(H2,17,18,19). The highest BCUT2D eigenvalue weighted by atomic mass is 32.1. The average Bonchev–Trinajstić information content (AvgIpc) is 2.46. The van der Waals surface area contributed by atoms with Crippen LogP contribution in [0, 0.1) is 12.3 Å². The molecule has 0 heterocycles. The van der Waals surface area contributed by atoms with Gasteiger partial charge in [-0.05, 0) is 37.0 Å². The summed E-state index contributed by atoms with van der Waals surface area (Å²) in [5, 5.41) is 7.10. The van der Waals surface area contributed by atoms with Gasteiger partial charge in [0.15, 0.2) is 5.11 Å². The Hall–Kier alpha value is -1.53. The third-order valence-corrected chi connectivity index (χ3v) is 3.62. The van der Waals surface area contributed by atoms with Gasteiger partial charge in [0.1, 0.15) is 0 Å². The molecule has 0 fully saturated rings. The Labute approximate surface area is 122 Å². The molecule has 0 saturated heterocycles. The Morgan fingerprint density at radius 2 is 1.89 bits per heavy atom. The van der Waals surface area contributed by atoms with Gasteiger partial charge in [-0.25, -0.2) is 0 Å². The molecule has 0 aliphatic rings. The first-order valence-electron chi connectivity index (χ1n) is 6.73. The van der Waals surface area contributed by atoms with Crippen molar-refractivity contribution in [1.29, 1.82) is 0 Å². The number of thiocarbonyl (C=S) groups is 1. The number of benzene rings is 1. The van der Waals surface area contributed by atoms with Gasteiger partial charge in [0.25, 0.3) is 0 Å². The van der Waals surface area contributed by atoms with Crippen LogP contribution in [0.3, 0.4) is 0 Å². The Balaban J connectivity index is 2.38. The summed E-state index contributed by atoms with van der Waals surface area (Å²) in [6.45, 7) is 4.95. The van der Waals surface area contributed by atoms with Crippen molar-refractivity contribution in [3.8, 4) is 12.3 Å². The van der Waals surface area contributed by atoms with Crippen molar-refractivity contribution in [2.75, 3.05) is 6.54 Å². The zero-order valence-electron chi connectivity index (χ0n) is 11.7. The lowest BCUT2D eigenvalue weighted by Crippen LogP contribution is -2.50. The first-order valence-corrected chi connectivity index (χ1v) is 7.14. The molecular weight excluding hydrogens is 252 g/mol. The monoisotopic (exact) mass is 274 g/mol. The highest BCUT2D eigenvalue weighted by Gasteiger charge is 2.23. The summed E-state index contributed by atoms with van der Waals surface area (Å²) in [5.74, 6) is 2.82. The van der Waals surface area contributed by atoms with E-state index in [9.17, 15) is 0 Å². The maximum absolute atomic E-state index is 5.60. The molecular formula is C16H22N2S. The maximum Gasteiger partial charge on any atom is 0.167 e. The summed E-state index contributed by atoms with van der Waals surface area (Å²) in [6.07, 6.45) is 8.27. The normalized spacial score (nSPS) is 10.6. The fourth-order valence-corrected chi connectivity index (χ4v) is 2.19. The fraction of sp³-hybridized carbons (Fsp3) is 0.438. The predicted octanol–water partition coefficient (Wildman–Crippen LogP) is 2.89. The largest absolute Gasteiger partial charge is 0.362 e. The molecule has 2 nitrogen and oxygen atoms in total. The van der Waals surface area contributed by atoms with E-state index in [4.69, 9.17) is 18.6 Å². The van der Waals surface area contributed by atoms with Gasteiger partial charge >= 0.3 is 0 Å². The molecule has 0 unspecified atom stereocenters. The van der Waals surface area contributed by atoms with Crippen LogP contribution in [0.2, 0.25) is 0 Å². The molecule has 19 heavy (non-hydrogen) atoms. The van der Waals surface area contributed by atoms with Crippen LogP contribution < -0.4 is 10.6 Å². The molecule has 0 amide bonds. The first kappa shape index (κ1) is 15.5. The van der Waals surface area contributed by atoms with Gasteiger partial charge in [-0.2, -0.15) is 0 Å². The van der Waals surface area contributed by atoms with E-state index in [-0.39, 0.29) is 5.54 Å². The van der Waals surface area contributed by atoms with Crippen LogP contribution in [0.4, 0.5) is 0 Å². The molecule has 1 rings (SSSR count). The minimum absolute atomic E-state index is 0.323. The quantitative estimate of drug-likeness (QED) is 0.616. The number of hydrogen-bond donors (Lipinski definition) is 2. The summed E-state index contributed by atoms with van der Waals surface area (Å²) >= 11 is 5.30. The van der Waals surface area contributed by atoms with Gasteiger partial charge in [-0.3, -0.25) is 0 Å². The lowest BCUT2D eigenvalue weighted by atomic mass is 9.94. The van der Waals surface area contributed by atoms with E-state index in [2.05, 4.69) is 42.5 Å². The maximum atomic E-state index is 5.60. The van der Waals surface area contributed by atoms with Gasteiger partial charge in [0.2, 0.25) is 0 Å². The second-order valence-corrected chi connectivity index (χ2v) is 4.96. The summed E-state index contributed by atoms with van der Waals surface area (Å²) in [4.78, 5) is 0. The summed E-state index contributed by atoms with van der Waals surface area (Å²) < 4.78 is 0. The van der Waals surface area contributed by atoms with E-state index >= 15 is 0 Å². The average molecular weight is 274 g/mol. The minimum Gasteiger partial charge on any atom is -0.362 e. The van der Waals surface area contributed by atoms with E-state index in [0.29, 0.717) is 5.11 Å². The molecule has 0 bridgehead atoms. The number of nitrogens with one attached hydrogen (secondary N) is 2. The molecule has 3 heteroatoms. The fourth-order valence-electron chi connectivity index (χ4n) is 1.89.